The number of carbonyl (C=O) groups excluding carboxylic acids is 1. The lowest BCUT2D eigenvalue weighted by atomic mass is 9.72. The van der Waals surface area contributed by atoms with E-state index in [2.05, 4.69) is 18.2 Å². The molecule has 3 rings (SSSR count). The molecule has 0 aromatic rings. The topological polar surface area (TPSA) is 46.5 Å². The fourth-order valence-corrected chi connectivity index (χ4v) is 3.92. The average molecular weight is 276 g/mol. The molecule has 0 spiro atoms. The third-order valence-electron chi connectivity index (χ3n) is 4.94. The maximum Gasteiger partial charge on any atom is 0.308 e. The largest absolute Gasteiger partial charge is 0.462 e. The zero-order valence-corrected chi connectivity index (χ0v) is 12.0. The Morgan fingerprint density at radius 3 is 3.10 bits per heavy atom. The van der Waals surface area contributed by atoms with Crippen LogP contribution in [0.4, 0.5) is 0 Å². The van der Waals surface area contributed by atoms with Crippen molar-refractivity contribution >= 4 is 5.97 Å². The molecule has 0 aromatic carbocycles. The predicted octanol–water partition coefficient (Wildman–Crippen LogP) is 3.14. The summed E-state index contributed by atoms with van der Waals surface area (Å²) >= 11 is 0. The van der Waals surface area contributed by atoms with Crippen molar-refractivity contribution in [2.75, 3.05) is 0 Å². The maximum absolute atomic E-state index is 11.4. The predicted molar refractivity (Wildman–Crippen MR) is 77.0 cm³/mol. The normalized spacial score (nSPS) is 37.0. The molecule has 1 saturated heterocycles. The van der Waals surface area contributed by atoms with Crippen LogP contribution in [0.15, 0.2) is 23.8 Å². The van der Waals surface area contributed by atoms with Gasteiger partial charge < -0.3 is 9.84 Å². The number of cyclic esters (lactones) is 1. The van der Waals surface area contributed by atoms with E-state index in [-0.39, 0.29) is 18.5 Å². The molecular weight excluding hydrogens is 252 g/mol. The minimum Gasteiger partial charge on any atom is -0.462 e. The van der Waals surface area contributed by atoms with Crippen LogP contribution in [-0.4, -0.2) is 23.3 Å². The first-order valence-corrected chi connectivity index (χ1v) is 7.96. The highest BCUT2D eigenvalue weighted by molar-refractivity contribution is 5.70. The van der Waals surface area contributed by atoms with Gasteiger partial charge in [0.25, 0.3) is 0 Å². The van der Waals surface area contributed by atoms with Gasteiger partial charge in [-0.3, -0.25) is 4.79 Å². The number of esters is 1. The molecular formula is C17H24O3. The maximum atomic E-state index is 11.4. The molecule has 110 valence electrons. The molecule has 20 heavy (non-hydrogen) atoms. The van der Waals surface area contributed by atoms with E-state index in [1.54, 1.807) is 0 Å². The van der Waals surface area contributed by atoms with Gasteiger partial charge in [0.05, 0.1) is 12.5 Å². The Morgan fingerprint density at radius 1 is 1.35 bits per heavy atom. The number of fused-ring (bicyclic) bond motifs is 1. The van der Waals surface area contributed by atoms with Gasteiger partial charge in [-0.15, -0.1) is 0 Å². The molecule has 2 aliphatic carbocycles. The van der Waals surface area contributed by atoms with Crippen molar-refractivity contribution in [3.8, 4) is 0 Å². The Bertz CT molecular complexity index is 424. The Labute approximate surface area is 120 Å². The number of allylic oxidation sites excluding steroid dienone is 4. The smallest absolute Gasteiger partial charge is 0.308 e. The molecule has 0 bridgehead atoms. The molecule has 1 N–H and O–H groups in total. The minimum absolute atomic E-state index is 0.0758. The van der Waals surface area contributed by atoms with Crippen LogP contribution in [0, 0.1) is 11.8 Å². The van der Waals surface area contributed by atoms with Crippen molar-refractivity contribution in [2.45, 2.75) is 63.6 Å². The third kappa shape index (κ3) is 3.14. The average Bonchev–Trinajstić information content (AvgIpc) is 2.44. The zero-order chi connectivity index (χ0) is 13.9. The molecule has 1 fully saturated rings. The lowest BCUT2D eigenvalue weighted by Gasteiger charge is -2.34. The molecule has 3 heteroatoms. The standard InChI is InChI=1S/C17H24O3/c18-14-10-15(20-17(19)11-14)9-8-13-6-3-5-12-4-1-2-7-16(12)13/h3-5,13-16,18H,1-2,6-11H2/t13-,14-,15-,16?/m1/s1. The molecule has 0 aromatic heterocycles. The molecule has 1 unspecified atom stereocenters. The summed E-state index contributed by atoms with van der Waals surface area (Å²) in [7, 11) is 0. The van der Waals surface area contributed by atoms with Crippen molar-refractivity contribution in [3.63, 3.8) is 0 Å². The summed E-state index contributed by atoms with van der Waals surface area (Å²) in [5.41, 5.74) is 1.52. The fraction of sp³-hybridized carbons (Fsp3) is 0.706. The van der Waals surface area contributed by atoms with Gasteiger partial charge in [0, 0.05) is 6.42 Å². The second-order valence-electron chi connectivity index (χ2n) is 6.42. The number of hydrogen-bond donors (Lipinski definition) is 1. The van der Waals surface area contributed by atoms with Crippen molar-refractivity contribution in [2.24, 2.45) is 11.8 Å². The number of hydrogen-bond acceptors (Lipinski definition) is 3. The van der Waals surface area contributed by atoms with Crippen molar-refractivity contribution in [3.05, 3.63) is 23.8 Å². The Morgan fingerprint density at radius 2 is 2.25 bits per heavy atom. The number of rotatable bonds is 3. The summed E-state index contributed by atoms with van der Waals surface area (Å²) < 4.78 is 5.35. The van der Waals surface area contributed by atoms with E-state index in [4.69, 9.17) is 4.74 Å². The van der Waals surface area contributed by atoms with E-state index in [0.29, 0.717) is 18.3 Å². The molecule has 3 aliphatic rings. The summed E-state index contributed by atoms with van der Waals surface area (Å²) in [6, 6.07) is 0. The highest BCUT2D eigenvalue weighted by Gasteiger charge is 2.31. The summed E-state index contributed by atoms with van der Waals surface area (Å²) in [5, 5.41) is 9.65. The second kappa shape index (κ2) is 6.13. The molecule has 1 aliphatic heterocycles. The molecule has 0 radical (unpaired) electrons. The highest BCUT2D eigenvalue weighted by atomic mass is 16.5. The van der Waals surface area contributed by atoms with Crippen LogP contribution in [0.5, 0.6) is 0 Å². The first kappa shape index (κ1) is 13.9. The summed E-state index contributed by atoms with van der Waals surface area (Å²) in [4.78, 5) is 11.4. The van der Waals surface area contributed by atoms with E-state index in [1.807, 2.05) is 0 Å². The third-order valence-corrected chi connectivity index (χ3v) is 4.94. The van der Waals surface area contributed by atoms with Crippen molar-refractivity contribution in [1.29, 1.82) is 0 Å². The lowest BCUT2D eigenvalue weighted by Crippen LogP contribution is -2.33. The van der Waals surface area contributed by atoms with E-state index >= 15 is 0 Å². The number of aliphatic hydroxyl groups excluding tert-OH is 1. The van der Waals surface area contributed by atoms with Crippen LogP contribution in [0.3, 0.4) is 0 Å². The molecule has 0 amide bonds. The van der Waals surface area contributed by atoms with E-state index < -0.39 is 6.10 Å². The van der Waals surface area contributed by atoms with Gasteiger partial charge in [0.2, 0.25) is 0 Å². The quantitative estimate of drug-likeness (QED) is 0.806. The Kier molecular flexibility index (Phi) is 4.25. The van der Waals surface area contributed by atoms with Crippen LogP contribution in [0.2, 0.25) is 0 Å². The SMILES string of the molecule is O=C1C[C@H](O)C[C@@H](CC[C@H]2CC=CC3=CCCCC32)O1. The summed E-state index contributed by atoms with van der Waals surface area (Å²) in [6.45, 7) is 0. The fourth-order valence-electron chi connectivity index (χ4n) is 3.92. The van der Waals surface area contributed by atoms with Crippen molar-refractivity contribution < 1.29 is 14.6 Å². The number of ether oxygens (including phenoxy) is 1. The Hall–Kier alpha value is -1.09. The van der Waals surface area contributed by atoms with Crippen LogP contribution < -0.4 is 0 Å². The van der Waals surface area contributed by atoms with E-state index in [9.17, 15) is 9.90 Å². The summed E-state index contributed by atoms with van der Waals surface area (Å²) in [6.07, 6.45) is 14.1. The monoisotopic (exact) mass is 276 g/mol. The van der Waals surface area contributed by atoms with Gasteiger partial charge in [-0.1, -0.05) is 18.2 Å². The van der Waals surface area contributed by atoms with Gasteiger partial charge in [-0.05, 0) is 55.9 Å². The molecule has 1 heterocycles. The zero-order valence-electron chi connectivity index (χ0n) is 12.0. The molecule has 3 nitrogen and oxygen atoms in total. The molecule has 0 saturated carbocycles. The lowest BCUT2D eigenvalue weighted by molar-refractivity contribution is -0.160. The van der Waals surface area contributed by atoms with Gasteiger partial charge in [0.15, 0.2) is 0 Å². The number of aliphatic hydroxyl groups is 1. The van der Waals surface area contributed by atoms with E-state index in [0.717, 1.165) is 19.3 Å². The Balaban J connectivity index is 1.55. The van der Waals surface area contributed by atoms with Crippen LogP contribution in [0.1, 0.15) is 51.4 Å². The second-order valence-corrected chi connectivity index (χ2v) is 6.42. The summed E-state index contributed by atoms with van der Waals surface area (Å²) in [5.74, 6) is 1.15. The van der Waals surface area contributed by atoms with E-state index in [1.165, 1.54) is 24.8 Å². The van der Waals surface area contributed by atoms with Gasteiger partial charge in [-0.2, -0.15) is 0 Å². The van der Waals surface area contributed by atoms with Crippen LogP contribution >= 0.6 is 0 Å². The van der Waals surface area contributed by atoms with Crippen LogP contribution in [0.25, 0.3) is 0 Å². The van der Waals surface area contributed by atoms with Gasteiger partial charge in [0.1, 0.15) is 6.10 Å². The first-order valence-electron chi connectivity index (χ1n) is 7.96. The molecule has 4 atom stereocenters. The minimum atomic E-state index is -0.502. The van der Waals surface area contributed by atoms with Gasteiger partial charge >= 0.3 is 5.97 Å². The van der Waals surface area contributed by atoms with Crippen molar-refractivity contribution in [1.82, 2.24) is 0 Å². The first-order chi connectivity index (χ1) is 9.72. The number of carbonyl (C=O) groups is 1. The highest BCUT2D eigenvalue weighted by Crippen LogP contribution is 2.40. The van der Waals surface area contributed by atoms with Crippen LogP contribution in [-0.2, 0) is 9.53 Å². The van der Waals surface area contributed by atoms with Gasteiger partial charge in [-0.25, -0.2) is 0 Å².